The summed E-state index contributed by atoms with van der Waals surface area (Å²) < 4.78 is 4.33. The van der Waals surface area contributed by atoms with Crippen LogP contribution in [0.25, 0.3) is 0 Å². The number of benzene rings is 4. The summed E-state index contributed by atoms with van der Waals surface area (Å²) in [6.45, 7) is 1.80. The van der Waals surface area contributed by atoms with E-state index in [0.717, 1.165) is 33.1 Å². The summed E-state index contributed by atoms with van der Waals surface area (Å²) in [4.78, 5) is 23.2. The van der Waals surface area contributed by atoms with Gasteiger partial charge in [-0.25, -0.2) is 4.79 Å². The van der Waals surface area contributed by atoms with E-state index < -0.39 is 16.9 Å². The van der Waals surface area contributed by atoms with E-state index in [2.05, 4.69) is 56.2 Å². The van der Waals surface area contributed by atoms with Gasteiger partial charge < -0.3 is 15.3 Å². The molecule has 0 aliphatic carbocycles. The molecule has 1 heterocycles. The number of carboxylic acid groups (broad SMARTS) is 1. The highest BCUT2D eigenvalue weighted by Crippen LogP contribution is 2.40. The zero-order chi connectivity index (χ0) is 27.8. The van der Waals surface area contributed by atoms with Gasteiger partial charge in [-0.3, -0.25) is 0 Å². The van der Waals surface area contributed by atoms with E-state index in [0.29, 0.717) is 5.13 Å². The van der Waals surface area contributed by atoms with Crippen molar-refractivity contribution in [3.8, 4) is 0 Å². The average Bonchev–Trinajstić information content (AvgIpc) is 3.45. The number of oxime groups is 1. The first-order valence-corrected chi connectivity index (χ1v) is 14.2. The van der Waals surface area contributed by atoms with Gasteiger partial charge >= 0.3 is 5.97 Å². The molecule has 9 heteroatoms. The number of hydrogen-bond donors (Lipinski definition) is 2. The van der Waals surface area contributed by atoms with Crippen LogP contribution in [-0.2, 0) is 15.2 Å². The van der Waals surface area contributed by atoms with Crippen LogP contribution in [0.15, 0.2) is 131 Å². The number of aromatic nitrogens is 2. The number of aliphatic carboxylic acids is 1. The molecule has 0 aliphatic rings. The third-order valence-electron chi connectivity index (χ3n) is 6.09. The predicted octanol–water partition coefficient (Wildman–Crippen LogP) is 6.89. The Kier molecular flexibility index (Phi) is 8.53. The largest absolute Gasteiger partial charge is 0.476 e. The summed E-state index contributed by atoms with van der Waals surface area (Å²) in [5.41, 5.74) is 1.37. The van der Waals surface area contributed by atoms with Crippen molar-refractivity contribution in [3.63, 3.8) is 0 Å². The SMILES string of the molecule is CC(ON=C(C(=O)O)c1nsc(NC(c2ccccc2)(c2ccccc2)c2ccccc2)n1)Sc1ccccc1. The minimum absolute atomic E-state index is 0.0278. The van der Waals surface area contributed by atoms with E-state index in [-0.39, 0.29) is 11.5 Å². The first-order valence-electron chi connectivity index (χ1n) is 12.5. The molecule has 40 heavy (non-hydrogen) atoms. The van der Waals surface area contributed by atoms with E-state index >= 15 is 0 Å². The molecular weight excluding hydrogens is 541 g/mol. The topological polar surface area (TPSA) is 96.7 Å². The van der Waals surface area contributed by atoms with E-state index in [1.165, 1.54) is 11.8 Å². The number of thioether (sulfide) groups is 1. The Labute approximate surface area is 240 Å². The molecule has 0 amide bonds. The van der Waals surface area contributed by atoms with Crippen LogP contribution in [0.2, 0.25) is 0 Å². The molecule has 0 spiro atoms. The lowest BCUT2D eigenvalue weighted by molar-refractivity contribution is -0.129. The van der Waals surface area contributed by atoms with Crippen LogP contribution in [0.4, 0.5) is 5.13 Å². The van der Waals surface area contributed by atoms with Crippen molar-refractivity contribution in [2.24, 2.45) is 5.16 Å². The fourth-order valence-electron chi connectivity index (χ4n) is 4.33. The molecule has 4 aromatic carbocycles. The number of rotatable bonds is 11. The standard InChI is InChI=1S/C31H26N4O3S2/c1-22(39-26-20-12-5-13-21-26)38-34-27(29(36)37)28-32-30(40-35-28)33-31(23-14-6-2-7-15-23,24-16-8-3-9-17-24)25-18-10-4-11-19-25/h2-22H,1H3,(H,36,37)(H,32,33,35). The molecule has 0 bridgehead atoms. The molecule has 0 radical (unpaired) electrons. The van der Waals surface area contributed by atoms with Crippen LogP contribution < -0.4 is 5.32 Å². The maximum absolute atomic E-state index is 12.1. The number of nitrogens with zero attached hydrogens (tertiary/aromatic N) is 3. The maximum Gasteiger partial charge on any atom is 0.362 e. The first-order chi connectivity index (χ1) is 19.6. The molecule has 1 unspecified atom stereocenters. The van der Waals surface area contributed by atoms with E-state index in [1.807, 2.05) is 84.9 Å². The molecule has 0 saturated carbocycles. The second-order valence-electron chi connectivity index (χ2n) is 8.75. The molecule has 1 atom stereocenters. The Hall–Kier alpha value is -4.47. The summed E-state index contributed by atoms with van der Waals surface area (Å²) in [5, 5.41) is 17.9. The van der Waals surface area contributed by atoms with Gasteiger partial charge in [0.2, 0.25) is 16.7 Å². The van der Waals surface area contributed by atoms with E-state index in [9.17, 15) is 9.90 Å². The van der Waals surface area contributed by atoms with Crippen LogP contribution in [0.1, 0.15) is 29.4 Å². The van der Waals surface area contributed by atoms with Crippen LogP contribution in [-0.4, -0.2) is 31.6 Å². The molecule has 5 aromatic rings. The molecule has 1 aromatic heterocycles. The summed E-state index contributed by atoms with van der Waals surface area (Å²) in [7, 11) is 0. The van der Waals surface area contributed by atoms with Gasteiger partial charge in [0.1, 0.15) is 5.54 Å². The van der Waals surface area contributed by atoms with Crippen molar-refractivity contribution in [2.75, 3.05) is 5.32 Å². The smallest absolute Gasteiger partial charge is 0.362 e. The highest BCUT2D eigenvalue weighted by Gasteiger charge is 2.37. The van der Waals surface area contributed by atoms with Crippen molar-refractivity contribution < 1.29 is 14.7 Å². The van der Waals surface area contributed by atoms with Crippen LogP contribution in [0.5, 0.6) is 0 Å². The van der Waals surface area contributed by atoms with Crippen molar-refractivity contribution in [1.82, 2.24) is 9.36 Å². The second-order valence-corrected chi connectivity index (χ2v) is 10.9. The molecule has 0 fully saturated rings. The normalized spacial score (nSPS) is 12.5. The molecule has 0 saturated heterocycles. The van der Waals surface area contributed by atoms with Gasteiger partial charge in [-0.2, -0.15) is 9.36 Å². The van der Waals surface area contributed by atoms with Gasteiger partial charge in [-0.1, -0.05) is 126 Å². The molecule has 5 rings (SSSR count). The maximum atomic E-state index is 12.1. The summed E-state index contributed by atoms with van der Waals surface area (Å²) >= 11 is 2.49. The van der Waals surface area contributed by atoms with Gasteiger partial charge in [-0.15, -0.1) is 0 Å². The lowest BCUT2D eigenvalue weighted by Gasteiger charge is -2.36. The quantitative estimate of drug-likeness (QED) is 0.0591. The van der Waals surface area contributed by atoms with Crippen LogP contribution in [0.3, 0.4) is 0 Å². The minimum Gasteiger partial charge on any atom is -0.476 e. The molecular formula is C31H26N4O3S2. The lowest BCUT2D eigenvalue weighted by Crippen LogP contribution is -2.38. The van der Waals surface area contributed by atoms with Gasteiger partial charge in [0.05, 0.1) is 0 Å². The monoisotopic (exact) mass is 566 g/mol. The Morgan fingerprint density at radius 2 is 1.32 bits per heavy atom. The van der Waals surface area contributed by atoms with Gasteiger partial charge in [0.15, 0.2) is 5.44 Å². The minimum atomic E-state index is -1.28. The molecule has 0 aliphatic heterocycles. The third kappa shape index (κ3) is 6.06. The predicted molar refractivity (Wildman–Crippen MR) is 160 cm³/mol. The Morgan fingerprint density at radius 1 is 0.850 bits per heavy atom. The number of hydrogen-bond acceptors (Lipinski definition) is 8. The molecule has 2 N–H and O–H groups in total. The zero-order valence-electron chi connectivity index (χ0n) is 21.5. The summed E-state index contributed by atoms with van der Waals surface area (Å²) in [6.07, 6.45) is 0. The zero-order valence-corrected chi connectivity index (χ0v) is 23.2. The van der Waals surface area contributed by atoms with Crippen LogP contribution in [0, 0.1) is 0 Å². The summed E-state index contributed by atoms with van der Waals surface area (Å²) in [5.74, 6) is -1.30. The molecule has 7 nitrogen and oxygen atoms in total. The highest BCUT2D eigenvalue weighted by molar-refractivity contribution is 7.99. The molecule has 200 valence electrons. The highest BCUT2D eigenvalue weighted by atomic mass is 32.2. The average molecular weight is 567 g/mol. The second kappa shape index (κ2) is 12.6. The Bertz CT molecular complexity index is 1470. The lowest BCUT2D eigenvalue weighted by atomic mass is 9.77. The Morgan fingerprint density at radius 3 is 1.80 bits per heavy atom. The number of carbonyl (C=O) groups is 1. The number of carboxylic acids is 1. The van der Waals surface area contributed by atoms with Crippen molar-refractivity contribution in [3.05, 3.63) is 144 Å². The van der Waals surface area contributed by atoms with Gasteiger partial charge in [0, 0.05) is 16.4 Å². The fourth-order valence-corrected chi connectivity index (χ4v) is 5.74. The first kappa shape index (κ1) is 27.1. The van der Waals surface area contributed by atoms with Gasteiger partial charge in [-0.05, 0) is 35.7 Å². The van der Waals surface area contributed by atoms with E-state index in [4.69, 9.17) is 4.84 Å². The summed E-state index contributed by atoms with van der Waals surface area (Å²) in [6, 6.07) is 39.9. The third-order valence-corrected chi connectivity index (χ3v) is 7.69. The van der Waals surface area contributed by atoms with E-state index in [1.54, 1.807) is 6.92 Å². The van der Waals surface area contributed by atoms with Crippen molar-refractivity contribution in [2.45, 2.75) is 22.8 Å². The fraction of sp³-hybridized carbons (Fsp3) is 0.0968. The van der Waals surface area contributed by atoms with Gasteiger partial charge in [0.25, 0.3) is 0 Å². The number of anilines is 1. The Balaban J connectivity index is 1.49. The van der Waals surface area contributed by atoms with Crippen molar-refractivity contribution in [1.29, 1.82) is 0 Å². The van der Waals surface area contributed by atoms with Crippen molar-refractivity contribution >= 4 is 40.1 Å². The van der Waals surface area contributed by atoms with Crippen LogP contribution >= 0.6 is 23.3 Å². The number of nitrogens with one attached hydrogen (secondary N) is 1.